The van der Waals surface area contributed by atoms with Gasteiger partial charge in [-0.2, -0.15) is 8.78 Å². The van der Waals surface area contributed by atoms with E-state index in [0.717, 1.165) is 18.2 Å². The number of methoxy groups -OCH3 is 1. The van der Waals surface area contributed by atoms with Crippen LogP contribution in [-0.2, 0) is 9.53 Å². The minimum Gasteiger partial charge on any atom is -0.490 e. The number of hydrogen-bond donors (Lipinski definition) is 0. The summed E-state index contributed by atoms with van der Waals surface area (Å²) < 4.78 is 39.6. The summed E-state index contributed by atoms with van der Waals surface area (Å²) in [6.07, 6.45) is -4.24. The van der Waals surface area contributed by atoms with Crippen molar-refractivity contribution in [3.8, 4) is 11.5 Å². The van der Waals surface area contributed by atoms with E-state index in [0.29, 0.717) is 0 Å². The molecule has 0 bridgehead atoms. The van der Waals surface area contributed by atoms with Gasteiger partial charge in [0.15, 0.2) is 5.75 Å². The Morgan fingerprint density at radius 3 is 2.60 bits per heavy atom. The molecule has 0 saturated heterocycles. The van der Waals surface area contributed by atoms with Crippen LogP contribution in [0.1, 0.15) is 6.92 Å². The van der Waals surface area contributed by atoms with E-state index in [4.69, 9.17) is 4.74 Å². The number of hydrogen-bond acceptors (Lipinski definition) is 6. The van der Waals surface area contributed by atoms with Gasteiger partial charge in [-0.3, -0.25) is 10.1 Å². The lowest BCUT2D eigenvalue weighted by atomic mass is 10.3. The van der Waals surface area contributed by atoms with Crippen LogP contribution < -0.4 is 9.47 Å². The highest BCUT2D eigenvalue weighted by atomic mass is 19.3. The Hall–Kier alpha value is -2.45. The number of carbonyl (C=O) groups excluding carboxylic acids is 1. The van der Waals surface area contributed by atoms with Gasteiger partial charge in [0.1, 0.15) is 5.75 Å². The second-order valence-corrected chi connectivity index (χ2v) is 3.43. The van der Waals surface area contributed by atoms with E-state index in [-0.39, 0.29) is 12.4 Å². The van der Waals surface area contributed by atoms with Gasteiger partial charge in [0.2, 0.25) is 0 Å². The van der Waals surface area contributed by atoms with E-state index < -0.39 is 28.4 Å². The summed E-state index contributed by atoms with van der Waals surface area (Å²) in [5.74, 6) is -2.56. The van der Waals surface area contributed by atoms with E-state index in [1.165, 1.54) is 14.0 Å². The fourth-order valence-electron chi connectivity index (χ4n) is 1.28. The van der Waals surface area contributed by atoms with E-state index in [1.54, 1.807) is 0 Å². The monoisotopic (exact) mass is 291 g/mol. The van der Waals surface area contributed by atoms with Crippen LogP contribution in [0.15, 0.2) is 18.2 Å². The third kappa shape index (κ3) is 3.53. The van der Waals surface area contributed by atoms with Gasteiger partial charge in [0.05, 0.1) is 24.7 Å². The van der Waals surface area contributed by atoms with Crippen molar-refractivity contribution in [3.05, 3.63) is 28.3 Å². The van der Waals surface area contributed by atoms with Crippen molar-refractivity contribution in [3.63, 3.8) is 0 Å². The zero-order chi connectivity index (χ0) is 15.3. The van der Waals surface area contributed by atoms with Crippen LogP contribution in [0, 0.1) is 10.1 Å². The number of esters is 1. The summed E-state index contributed by atoms with van der Waals surface area (Å²) in [4.78, 5) is 20.9. The van der Waals surface area contributed by atoms with Crippen molar-refractivity contribution in [2.75, 3.05) is 13.7 Å². The SMILES string of the molecule is CCOC(=O)C(F)(F)Oc1ccc(OC)c([N+](=O)[O-])c1. The molecular formula is C11H11F2NO6. The molecule has 0 heterocycles. The first kappa shape index (κ1) is 15.6. The number of carbonyl (C=O) groups is 1. The molecule has 0 radical (unpaired) electrons. The molecule has 0 aromatic heterocycles. The van der Waals surface area contributed by atoms with Gasteiger partial charge in [-0.05, 0) is 19.1 Å². The third-order valence-electron chi connectivity index (χ3n) is 2.11. The second-order valence-electron chi connectivity index (χ2n) is 3.43. The second kappa shape index (κ2) is 6.13. The summed E-state index contributed by atoms with van der Waals surface area (Å²) in [5.41, 5.74) is -0.565. The molecule has 0 unspecified atom stereocenters. The van der Waals surface area contributed by atoms with Crippen molar-refractivity contribution in [2.45, 2.75) is 13.0 Å². The number of alkyl halides is 2. The molecule has 1 aromatic rings. The molecule has 20 heavy (non-hydrogen) atoms. The minimum atomic E-state index is -4.24. The molecule has 0 fully saturated rings. The van der Waals surface area contributed by atoms with Gasteiger partial charge >= 0.3 is 17.8 Å². The molecule has 0 saturated carbocycles. The highest BCUT2D eigenvalue weighted by molar-refractivity contribution is 5.76. The van der Waals surface area contributed by atoms with Gasteiger partial charge in [-0.25, -0.2) is 4.79 Å². The Bertz CT molecular complexity index is 520. The average molecular weight is 291 g/mol. The molecule has 0 aliphatic carbocycles. The predicted octanol–water partition coefficient (Wildman–Crippen LogP) is 2.14. The summed E-state index contributed by atoms with van der Waals surface area (Å²) in [6, 6.07) is 2.82. The number of halogens is 2. The maximum atomic E-state index is 13.3. The van der Waals surface area contributed by atoms with Crippen LogP contribution >= 0.6 is 0 Å². The van der Waals surface area contributed by atoms with Crippen molar-refractivity contribution in [1.29, 1.82) is 0 Å². The zero-order valence-electron chi connectivity index (χ0n) is 10.6. The number of rotatable bonds is 6. The largest absolute Gasteiger partial charge is 0.502 e. The van der Waals surface area contributed by atoms with Crippen molar-refractivity contribution < 1.29 is 32.7 Å². The maximum absolute atomic E-state index is 13.3. The van der Waals surface area contributed by atoms with Gasteiger partial charge in [-0.1, -0.05) is 0 Å². The van der Waals surface area contributed by atoms with Crippen LogP contribution in [-0.4, -0.2) is 30.7 Å². The Balaban J connectivity index is 3.01. The first-order chi connectivity index (χ1) is 9.31. The van der Waals surface area contributed by atoms with Gasteiger partial charge in [0.25, 0.3) is 0 Å². The van der Waals surface area contributed by atoms with Gasteiger partial charge in [0, 0.05) is 0 Å². The molecule has 1 rings (SSSR count). The fraction of sp³-hybridized carbons (Fsp3) is 0.364. The van der Waals surface area contributed by atoms with Crippen LogP contribution in [0.5, 0.6) is 11.5 Å². The van der Waals surface area contributed by atoms with Crippen LogP contribution in [0.3, 0.4) is 0 Å². The summed E-state index contributed by atoms with van der Waals surface area (Å²) >= 11 is 0. The molecule has 110 valence electrons. The maximum Gasteiger partial charge on any atom is 0.502 e. The summed E-state index contributed by atoms with van der Waals surface area (Å²) in [7, 11) is 1.19. The third-order valence-corrected chi connectivity index (χ3v) is 2.11. The average Bonchev–Trinajstić information content (AvgIpc) is 2.38. The van der Waals surface area contributed by atoms with Gasteiger partial charge in [-0.15, -0.1) is 0 Å². The normalized spacial score (nSPS) is 10.8. The molecule has 0 N–H and O–H groups in total. The van der Waals surface area contributed by atoms with Crippen molar-refractivity contribution in [2.24, 2.45) is 0 Å². The number of benzene rings is 1. The van der Waals surface area contributed by atoms with Gasteiger partial charge < -0.3 is 14.2 Å². The smallest absolute Gasteiger partial charge is 0.490 e. The predicted molar refractivity (Wildman–Crippen MR) is 61.9 cm³/mol. The number of ether oxygens (including phenoxy) is 3. The lowest BCUT2D eigenvalue weighted by Gasteiger charge is -2.16. The van der Waals surface area contributed by atoms with Crippen molar-refractivity contribution in [1.82, 2.24) is 0 Å². The molecule has 7 nitrogen and oxygen atoms in total. The van der Waals surface area contributed by atoms with Crippen LogP contribution in [0.2, 0.25) is 0 Å². The lowest BCUT2D eigenvalue weighted by molar-refractivity contribution is -0.385. The summed E-state index contributed by atoms with van der Waals surface area (Å²) in [5, 5.41) is 10.7. The fourth-order valence-corrected chi connectivity index (χ4v) is 1.28. The number of nitro groups is 1. The Morgan fingerprint density at radius 2 is 2.10 bits per heavy atom. The molecular weight excluding hydrogens is 280 g/mol. The lowest BCUT2D eigenvalue weighted by Crippen LogP contribution is -2.36. The quantitative estimate of drug-likeness (QED) is 0.453. The topological polar surface area (TPSA) is 87.9 Å². The Kier molecular flexibility index (Phi) is 4.78. The van der Waals surface area contributed by atoms with E-state index in [1.807, 2.05) is 0 Å². The van der Waals surface area contributed by atoms with Crippen LogP contribution in [0.4, 0.5) is 14.5 Å². The molecule has 0 aliphatic rings. The molecule has 0 spiro atoms. The summed E-state index contributed by atoms with van der Waals surface area (Å²) in [6.45, 7) is 1.10. The molecule has 9 heteroatoms. The van der Waals surface area contributed by atoms with E-state index in [2.05, 4.69) is 9.47 Å². The highest BCUT2D eigenvalue weighted by Crippen LogP contribution is 2.33. The first-order valence-electron chi connectivity index (χ1n) is 5.38. The van der Waals surface area contributed by atoms with Crippen LogP contribution in [0.25, 0.3) is 0 Å². The Morgan fingerprint density at radius 1 is 1.45 bits per heavy atom. The van der Waals surface area contributed by atoms with E-state index in [9.17, 15) is 23.7 Å². The number of nitrogens with zero attached hydrogens (tertiary/aromatic N) is 1. The standard InChI is InChI=1S/C11H11F2NO6/c1-3-19-10(15)11(12,13)20-7-4-5-9(18-2)8(6-7)14(16)17/h4-6H,3H2,1-2H3. The molecule has 1 aromatic carbocycles. The number of nitro benzene ring substituents is 1. The molecule has 0 amide bonds. The molecule has 0 aliphatic heterocycles. The zero-order valence-corrected chi connectivity index (χ0v) is 10.6. The molecule has 0 atom stereocenters. The highest BCUT2D eigenvalue weighted by Gasteiger charge is 2.44. The van der Waals surface area contributed by atoms with Crippen molar-refractivity contribution >= 4 is 11.7 Å². The minimum absolute atomic E-state index is 0.123. The first-order valence-corrected chi connectivity index (χ1v) is 5.38. The Labute approximate surface area is 112 Å². The van der Waals surface area contributed by atoms with E-state index >= 15 is 0 Å².